The van der Waals surface area contributed by atoms with Crippen LogP contribution in [-0.4, -0.2) is 40.1 Å². The molecule has 1 saturated heterocycles. The largest absolute Gasteiger partial charge is 0.481 e. The van der Waals surface area contributed by atoms with Crippen molar-refractivity contribution in [3.63, 3.8) is 0 Å². The van der Waals surface area contributed by atoms with E-state index in [2.05, 4.69) is 10.3 Å². The van der Waals surface area contributed by atoms with Gasteiger partial charge >= 0.3 is 12.0 Å². The first-order chi connectivity index (χ1) is 9.49. The van der Waals surface area contributed by atoms with Gasteiger partial charge in [-0.05, 0) is 30.5 Å². The van der Waals surface area contributed by atoms with Crippen molar-refractivity contribution in [3.05, 3.63) is 30.1 Å². The molecule has 1 aliphatic heterocycles. The number of pyridine rings is 1. The van der Waals surface area contributed by atoms with Crippen LogP contribution in [0, 0.1) is 11.8 Å². The average Bonchev–Trinajstić information content (AvgIpc) is 2.82. The van der Waals surface area contributed by atoms with Gasteiger partial charge in [0, 0.05) is 25.5 Å². The maximum atomic E-state index is 12.1. The van der Waals surface area contributed by atoms with Gasteiger partial charge in [0.15, 0.2) is 0 Å². The summed E-state index contributed by atoms with van der Waals surface area (Å²) in [6.07, 6.45) is 3.35. The molecule has 1 aliphatic rings. The van der Waals surface area contributed by atoms with E-state index in [4.69, 9.17) is 5.11 Å². The minimum atomic E-state index is -0.838. The summed E-state index contributed by atoms with van der Waals surface area (Å²) in [5.41, 5.74) is 0.968. The van der Waals surface area contributed by atoms with Crippen molar-refractivity contribution in [2.24, 2.45) is 11.8 Å². The fraction of sp³-hybridized carbons (Fsp3) is 0.500. The molecule has 6 nitrogen and oxygen atoms in total. The predicted octanol–water partition coefficient (Wildman–Crippen LogP) is 1.50. The number of nitrogens with zero attached hydrogens (tertiary/aromatic N) is 2. The van der Waals surface area contributed by atoms with Gasteiger partial charge in [0.25, 0.3) is 0 Å². The smallest absolute Gasteiger partial charge is 0.317 e. The van der Waals surface area contributed by atoms with Crippen LogP contribution in [0.1, 0.15) is 25.5 Å². The number of hydrogen-bond donors (Lipinski definition) is 2. The van der Waals surface area contributed by atoms with E-state index in [1.807, 2.05) is 26.0 Å². The summed E-state index contributed by atoms with van der Waals surface area (Å²) in [5, 5.41) is 12.0. The molecular weight excluding hydrogens is 258 g/mol. The second-order valence-electron chi connectivity index (χ2n) is 5.28. The van der Waals surface area contributed by atoms with Gasteiger partial charge in [-0.1, -0.05) is 6.92 Å². The number of amides is 2. The summed E-state index contributed by atoms with van der Waals surface area (Å²) in [6.45, 7) is 4.50. The van der Waals surface area contributed by atoms with E-state index >= 15 is 0 Å². The van der Waals surface area contributed by atoms with E-state index in [-0.39, 0.29) is 24.5 Å². The lowest BCUT2D eigenvalue weighted by molar-refractivity contribution is -0.142. The fourth-order valence-electron chi connectivity index (χ4n) is 2.47. The monoisotopic (exact) mass is 277 g/mol. The number of urea groups is 1. The maximum Gasteiger partial charge on any atom is 0.317 e. The SMILES string of the molecule is CC(NC(=O)N1CC(C)C(C(=O)O)C1)c1ccncc1. The Morgan fingerprint density at radius 1 is 1.40 bits per heavy atom. The van der Waals surface area contributed by atoms with Gasteiger partial charge in [-0.2, -0.15) is 0 Å². The Bertz CT molecular complexity index is 492. The van der Waals surface area contributed by atoms with Gasteiger partial charge in [-0.15, -0.1) is 0 Å². The highest BCUT2D eigenvalue weighted by Gasteiger charge is 2.37. The minimum absolute atomic E-state index is 0.0190. The maximum absolute atomic E-state index is 12.1. The standard InChI is InChI=1S/C14H19N3O3/c1-9-7-17(8-12(9)13(18)19)14(20)16-10(2)11-3-5-15-6-4-11/h3-6,9-10,12H,7-8H2,1-2H3,(H,16,20)(H,18,19). The summed E-state index contributed by atoms with van der Waals surface area (Å²) >= 11 is 0. The first-order valence-corrected chi connectivity index (χ1v) is 6.67. The van der Waals surface area contributed by atoms with Crippen molar-refractivity contribution in [2.75, 3.05) is 13.1 Å². The normalized spacial score (nSPS) is 23.4. The zero-order valence-corrected chi connectivity index (χ0v) is 11.6. The van der Waals surface area contributed by atoms with Crippen molar-refractivity contribution in [3.8, 4) is 0 Å². The van der Waals surface area contributed by atoms with Gasteiger partial charge in [0.1, 0.15) is 0 Å². The zero-order valence-electron chi connectivity index (χ0n) is 11.6. The van der Waals surface area contributed by atoms with Crippen molar-refractivity contribution in [1.82, 2.24) is 15.2 Å². The fourth-order valence-corrected chi connectivity index (χ4v) is 2.47. The molecular formula is C14H19N3O3. The molecule has 20 heavy (non-hydrogen) atoms. The second-order valence-corrected chi connectivity index (χ2v) is 5.28. The van der Waals surface area contributed by atoms with Crippen molar-refractivity contribution in [2.45, 2.75) is 19.9 Å². The van der Waals surface area contributed by atoms with Gasteiger partial charge < -0.3 is 15.3 Å². The third-order valence-corrected chi connectivity index (χ3v) is 3.76. The molecule has 2 amide bonds. The topological polar surface area (TPSA) is 82.5 Å². The van der Waals surface area contributed by atoms with Crippen LogP contribution in [0.25, 0.3) is 0 Å². The molecule has 1 aromatic rings. The summed E-state index contributed by atoms with van der Waals surface area (Å²) in [7, 11) is 0. The summed E-state index contributed by atoms with van der Waals surface area (Å²) in [4.78, 5) is 28.7. The number of nitrogens with one attached hydrogen (secondary N) is 1. The van der Waals surface area contributed by atoms with Crippen LogP contribution in [0.15, 0.2) is 24.5 Å². The van der Waals surface area contributed by atoms with E-state index in [1.165, 1.54) is 0 Å². The lowest BCUT2D eigenvalue weighted by Crippen LogP contribution is -2.40. The van der Waals surface area contributed by atoms with Crippen LogP contribution in [0.5, 0.6) is 0 Å². The molecule has 0 spiro atoms. The number of rotatable bonds is 3. The van der Waals surface area contributed by atoms with Crippen LogP contribution in [-0.2, 0) is 4.79 Å². The van der Waals surface area contributed by atoms with Crippen molar-refractivity contribution >= 4 is 12.0 Å². The first kappa shape index (κ1) is 14.3. The summed E-state index contributed by atoms with van der Waals surface area (Å²) < 4.78 is 0. The number of hydrogen-bond acceptors (Lipinski definition) is 3. The number of carbonyl (C=O) groups excluding carboxylic acids is 1. The Morgan fingerprint density at radius 3 is 2.60 bits per heavy atom. The molecule has 2 N–H and O–H groups in total. The van der Waals surface area contributed by atoms with Crippen LogP contribution in [0.4, 0.5) is 4.79 Å². The molecule has 0 radical (unpaired) electrons. The third-order valence-electron chi connectivity index (χ3n) is 3.76. The Balaban J connectivity index is 1.95. The molecule has 0 aliphatic carbocycles. The molecule has 0 bridgehead atoms. The molecule has 0 aromatic carbocycles. The van der Waals surface area contributed by atoms with E-state index in [1.54, 1.807) is 17.3 Å². The highest BCUT2D eigenvalue weighted by atomic mass is 16.4. The number of carbonyl (C=O) groups is 2. The zero-order chi connectivity index (χ0) is 14.7. The molecule has 3 atom stereocenters. The number of likely N-dealkylation sites (tertiary alicyclic amines) is 1. The second kappa shape index (κ2) is 5.90. The van der Waals surface area contributed by atoms with E-state index < -0.39 is 11.9 Å². The van der Waals surface area contributed by atoms with Crippen LogP contribution >= 0.6 is 0 Å². The Hall–Kier alpha value is -2.11. The minimum Gasteiger partial charge on any atom is -0.481 e. The highest BCUT2D eigenvalue weighted by molar-refractivity contribution is 5.78. The molecule has 3 unspecified atom stereocenters. The molecule has 2 heterocycles. The lowest BCUT2D eigenvalue weighted by Gasteiger charge is -2.21. The van der Waals surface area contributed by atoms with Crippen LogP contribution in [0.2, 0.25) is 0 Å². The average molecular weight is 277 g/mol. The third kappa shape index (κ3) is 3.07. The predicted molar refractivity (Wildman–Crippen MR) is 73.0 cm³/mol. The Morgan fingerprint density at radius 2 is 2.05 bits per heavy atom. The quantitative estimate of drug-likeness (QED) is 0.877. The number of carboxylic acids is 1. The van der Waals surface area contributed by atoms with E-state index in [9.17, 15) is 9.59 Å². The van der Waals surface area contributed by atoms with E-state index in [0.29, 0.717) is 6.54 Å². The summed E-state index contributed by atoms with van der Waals surface area (Å²) in [5.74, 6) is -1.33. The molecule has 0 saturated carbocycles. The molecule has 108 valence electrons. The number of carboxylic acid groups (broad SMARTS) is 1. The number of aliphatic carboxylic acids is 1. The first-order valence-electron chi connectivity index (χ1n) is 6.67. The molecule has 1 fully saturated rings. The van der Waals surface area contributed by atoms with Gasteiger partial charge in [-0.3, -0.25) is 9.78 Å². The molecule has 2 rings (SSSR count). The van der Waals surface area contributed by atoms with Crippen molar-refractivity contribution in [1.29, 1.82) is 0 Å². The highest BCUT2D eigenvalue weighted by Crippen LogP contribution is 2.23. The van der Waals surface area contributed by atoms with E-state index in [0.717, 1.165) is 5.56 Å². The van der Waals surface area contributed by atoms with Crippen molar-refractivity contribution < 1.29 is 14.7 Å². The number of aromatic nitrogens is 1. The van der Waals surface area contributed by atoms with Gasteiger partial charge in [-0.25, -0.2) is 4.79 Å². The van der Waals surface area contributed by atoms with Crippen LogP contribution in [0.3, 0.4) is 0 Å². The van der Waals surface area contributed by atoms with Gasteiger partial charge in [0.2, 0.25) is 0 Å². The lowest BCUT2D eigenvalue weighted by atomic mass is 9.99. The van der Waals surface area contributed by atoms with Gasteiger partial charge in [0.05, 0.1) is 12.0 Å². The van der Waals surface area contributed by atoms with Crippen LogP contribution < -0.4 is 5.32 Å². The molecule has 1 aromatic heterocycles. The molecule has 6 heteroatoms. The Kier molecular flexibility index (Phi) is 4.22. The Labute approximate surface area is 117 Å². The summed E-state index contributed by atoms with van der Waals surface area (Å²) in [6, 6.07) is 3.34.